The van der Waals surface area contributed by atoms with Gasteiger partial charge in [0.15, 0.2) is 0 Å². The zero-order valence-electron chi connectivity index (χ0n) is 19.6. The number of benzene rings is 2. The first kappa shape index (κ1) is 26.0. The van der Waals surface area contributed by atoms with Gasteiger partial charge in [0.25, 0.3) is 0 Å². The molecule has 180 valence electrons. The van der Waals surface area contributed by atoms with Gasteiger partial charge in [-0.1, -0.05) is 30.3 Å². The molecule has 2 amide bonds. The van der Waals surface area contributed by atoms with E-state index in [-0.39, 0.29) is 23.9 Å². The molecule has 0 fully saturated rings. The predicted molar refractivity (Wildman–Crippen MR) is 127 cm³/mol. The van der Waals surface area contributed by atoms with Gasteiger partial charge in [-0.2, -0.15) is 0 Å². The van der Waals surface area contributed by atoms with E-state index in [1.807, 2.05) is 30.3 Å². The number of methoxy groups -OCH3 is 2. The second-order valence-electron chi connectivity index (χ2n) is 7.39. The van der Waals surface area contributed by atoms with Crippen molar-refractivity contribution in [2.24, 2.45) is 0 Å². The summed E-state index contributed by atoms with van der Waals surface area (Å²) in [5, 5.41) is 2.71. The summed E-state index contributed by atoms with van der Waals surface area (Å²) < 4.78 is 36.8. The van der Waals surface area contributed by atoms with Crippen LogP contribution in [0.15, 0.2) is 48.5 Å². The van der Waals surface area contributed by atoms with Crippen molar-refractivity contribution in [2.45, 2.75) is 26.4 Å². The van der Waals surface area contributed by atoms with E-state index < -0.39 is 28.5 Å². The van der Waals surface area contributed by atoms with E-state index in [0.717, 1.165) is 16.1 Å². The number of sulfonamides is 1. The number of carbonyl (C=O) groups excluding carboxylic acids is 2. The van der Waals surface area contributed by atoms with Crippen LogP contribution in [-0.2, 0) is 26.2 Å². The third kappa shape index (κ3) is 6.85. The van der Waals surface area contributed by atoms with Gasteiger partial charge in [0, 0.05) is 19.2 Å². The average Bonchev–Trinajstić information content (AvgIpc) is 2.80. The van der Waals surface area contributed by atoms with Crippen molar-refractivity contribution in [3.8, 4) is 11.5 Å². The van der Waals surface area contributed by atoms with Gasteiger partial charge in [0.2, 0.25) is 21.8 Å². The number of likely N-dealkylation sites (N-methyl/N-ethyl adjacent to an activating group) is 1. The third-order valence-corrected chi connectivity index (χ3v) is 6.18. The minimum absolute atomic E-state index is 0.148. The third-order valence-electron chi connectivity index (χ3n) is 5.05. The van der Waals surface area contributed by atoms with Gasteiger partial charge in [0.1, 0.15) is 24.1 Å². The van der Waals surface area contributed by atoms with Gasteiger partial charge in [-0.15, -0.1) is 0 Å². The summed E-state index contributed by atoms with van der Waals surface area (Å²) in [6.45, 7) is 3.46. The van der Waals surface area contributed by atoms with Crippen LogP contribution in [0.3, 0.4) is 0 Å². The standard InChI is InChI=1S/C23H31N3O6S/c1-6-24-23(28)17(2)25(15-18-10-8-7-9-11-18)22(27)16-26(33(5,29)30)20-13-12-19(31-3)14-21(20)32-4/h7-14,17H,6,15-16H2,1-5H3,(H,24,28)/t17-/m1/s1. The van der Waals surface area contributed by atoms with Crippen molar-refractivity contribution < 1.29 is 27.5 Å². The summed E-state index contributed by atoms with van der Waals surface area (Å²) in [6, 6.07) is 13.0. The van der Waals surface area contributed by atoms with Crippen molar-refractivity contribution in [1.29, 1.82) is 0 Å². The van der Waals surface area contributed by atoms with Gasteiger partial charge in [-0.25, -0.2) is 8.42 Å². The molecule has 0 saturated carbocycles. The molecule has 1 atom stereocenters. The first-order chi connectivity index (χ1) is 15.6. The maximum atomic E-state index is 13.4. The Morgan fingerprint density at radius 1 is 1.06 bits per heavy atom. The maximum absolute atomic E-state index is 13.4. The molecule has 0 radical (unpaired) electrons. The Morgan fingerprint density at radius 2 is 1.73 bits per heavy atom. The fraction of sp³-hybridized carbons (Fsp3) is 0.391. The molecule has 1 N–H and O–H groups in total. The van der Waals surface area contributed by atoms with Crippen LogP contribution in [0.1, 0.15) is 19.4 Å². The SMILES string of the molecule is CCNC(=O)[C@@H](C)N(Cc1ccccc1)C(=O)CN(c1ccc(OC)cc1OC)S(C)(=O)=O. The molecular weight excluding hydrogens is 446 g/mol. The summed E-state index contributed by atoms with van der Waals surface area (Å²) in [7, 11) is -0.978. The smallest absolute Gasteiger partial charge is 0.244 e. The molecule has 2 rings (SSSR count). The van der Waals surface area contributed by atoms with Gasteiger partial charge in [-0.3, -0.25) is 13.9 Å². The molecule has 2 aromatic rings. The molecule has 2 aromatic carbocycles. The number of hydrogen-bond donors (Lipinski definition) is 1. The average molecular weight is 478 g/mol. The number of ether oxygens (including phenoxy) is 2. The molecule has 0 bridgehead atoms. The van der Waals surface area contributed by atoms with E-state index >= 15 is 0 Å². The van der Waals surface area contributed by atoms with Crippen molar-refractivity contribution in [1.82, 2.24) is 10.2 Å². The molecule has 10 heteroatoms. The van der Waals surface area contributed by atoms with Crippen molar-refractivity contribution in [3.63, 3.8) is 0 Å². The zero-order valence-corrected chi connectivity index (χ0v) is 20.4. The van der Waals surface area contributed by atoms with Crippen molar-refractivity contribution in [3.05, 3.63) is 54.1 Å². The number of hydrogen-bond acceptors (Lipinski definition) is 6. The fourth-order valence-electron chi connectivity index (χ4n) is 3.27. The van der Waals surface area contributed by atoms with Crippen LogP contribution in [0, 0.1) is 0 Å². The summed E-state index contributed by atoms with van der Waals surface area (Å²) in [4.78, 5) is 27.3. The Balaban J connectivity index is 2.43. The van der Waals surface area contributed by atoms with Crippen molar-refractivity contribution >= 4 is 27.5 Å². The summed E-state index contributed by atoms with van der Waals surface area (Å²) >= 11 is 0. The molecule has 0 aliphatic rings. The lowest BCUT2D eigenvalue weighted by molar-refractivity contribution is -0.139. The number of carbonyl (C=O) groups is 2. The summed E-state index contributed by atoms with van der Waals surface area (Å²) in [6.07, 6.45) is 1.01. The topological polar surface area (TPSA) is 105 Å². The van der Waals surface area contributed by atoms with Gasteiger partial charge < -0.3 is 19.7 Å². The highest BCUT2D eigenvalue weighted by atomic mass is 32.2. The van der Waals surface area contributed by atoms with Crippen molar-refractivity contribution in [2.75, 3.05) is 37.9 Å². The minimum Gasteiger partial charge on any atom is -0.497 e. The molecule has 33 heavy (non-hydrogen) atoms. The van der Waals surface area contributed by atoms with Gasteiger partial charge in [-0.05, 0) is 31.5 Å². The van der Waals surface area contributed by atoms with E-state index in [1.54, 1.807) is 19.9 Å². The molecule has 0 aliphatic heterocycles. The highest BCUT2D eigenvalue weighted by Gasteiger charge is 2.31. The molecule has 0 unspecified atom stereocenters. The lowest BCUT2D eigenvalue weighted by Crippen LogP contribution is -2.51. The number of amides is 2. The number of anilines is 1. The second-order valence-corrected chi connectivity index (χ2v) is 9.29. The zero-order chi connectivity index (χ0) is 24.6. The van der Waals surface area contributed by atoms with Crippen LogP contribution >= 0.6 is 0 Å². The van der Waals surface area contributed by atoms with Crippen LogP contribution < -0.4 is 19.1 Å². The number of nitrogens with one attached hydrogen (secondary N) is 1. The van der Waals surface area contributed by atoms with Crippen LogP contribution in [0.25, 0.3) is 0 Å². The molecule has 9 nitrogen and oxygen atoms in total. The predicted octanol–water partition coefficient (Wildman–Crippen LogP) is 2.02. The molecular formula is C23H31N3O6S. The maximum Gasteiger partial charge on any atom is 0.244 e. The Hall–Kier alpha value is -3.27. The first-order valence-electron chi connectivity index (χ1n) is 10.4. The van der Waals surface area contributed by atoms with Crippen LogP contribution in [-0.4, -0.2) is 64.7 Å². The largest absolute Gasteiger partial charge is 0.497 e. The Bertz CT molecular complexity index is 1060. The van der Waals surface area contributed by atoms with Gasteiger partial charge in [0.05, 0.1) is 26.2 Å². The van der Waals surface area contributed by atoms with E-state index in [2.05, 4.69) is 5.32 Å². The molecule has 0 aliphatic carbocycles. The summed E-state index contributed by atoms with van der Waals surface area (Å²) in [5.41, 5.74) is 1.01. The quantitative estimate of drug-likeness (QED) is 0.531. The fourth-order valence-corrected chi connectivity index (χ4v) is 4.12. The van der Waals surface area contributed by atoms with E-state index in [0.29, 0.717) is 12.3 Å². The first-order valence-corrected chi connectivity index (χ1v) is 12.3. The van der Waals surface area contributed by atoms with E-state index in [9.17, 15) is 18.0 Å². The Kier molecular flexibility index (Phi) is 9.10. The molecule has 0 saturated heterocycles. The summed E-state index contributed by atoms with van der Waals surface area (Å²) in [5.74, 6) is -0.138. The highest BCUT2D eigenvalue weighted by molar-refractivity contribution is 7.92. The lowest BCUT2D eigenvalue weighted by atomic mass is 10.1. The molecule has 0 aromatic heterocycles. The van der Waals surface area contributed by atoms with Crippen LogP contribution in [0.4, 0.5) is 5.69 Å². The van der Waals surface area contributed by atoms with Gasteiger partial charge >= 0.3 is 0 Å². The van der Waals surface area contributed by atoms with Crippen LogP contribution in [0.5, 0.6) is 11.5 Å². The minimum atomic E-state index is -3.86. The van der Waals surface area contributed by atoms with Crippen LogP contribution in [0.2, 0.25) is 0 Å². The lowest BCUT2D eigenvalue weighted by Gasteiger charge is -2.31. The van der Waals surface area contributed by atoms with E-state index in [1.165, 1.54) is 31.3 Å². The second kappa shape index (κ2) is 11.6. The highest BCUT2D eigenvalue weighted by Crippen LogP contribution is 2.33. The molecule has 0 spiro atoms. The Labute approximate surface area is 195 Å². The number of rotatable bonds is 11. The van der Waals surface area contributed by atoms with E-state index in [4.69, 9.17) is 9.47 Å². The monoisotopic (exact) mass is 477 g/mol. The Morgan fingerprint density at radius 3 is 2.27 bits per heavy atom. The number of nitrogens with zero attached hydrogens (tertiary/aromatic N) is 2. The molecule has 0 heterocycles. The normalized spacial score (nSPS) is 11.9.